The van der Waals surface area contributed by atoms with Gasteiger partial charge in [0.15, 0.2) is 0 Å². The molecule has 4 amide bonds. The number of fused-ring (bicyclic) bond motifs is 1. The number of carbonyl (C=O) groups excluding carboxylic acids is 4. The number of aryl methyl sites for hydroxylation is 1. The zero-order chi connectivity index (χ0) is 23.8. The van der Waals surface area contributed by atoms with Crippen molar-refractivity contribution in [2.24, 2.45) is 13.0 Å². The van der Waals surface area contributed by atoms with E-state index in [1.54, 1.807) is 11.0 Å². The van der Waals surface area contributed by atoms with Gasteiger partial charge < -0.3 is 14.4 Å². The summed E-state index contributed by atoms with van der Waals surface area (Å²) in [7, 11) is 1.90. The van der Waals surface area contributed by atoms with Crippen LogP contribution in [0.1, 0.15) is 57.5 Å². The maximum Gasteiger partial charge on any atom is 0.255 e. The largest absolute Gasteiger partial charge is 0.356 e. The van der Waals surface area contributed by atoms with Crippen molar-refractivity contribution in [2.45, 2.75) is 38.3 Å². The molecule has 1 atom stereocenters. The number of imide groups is 1. The van der Waals surface area contributed by atoms with Crippen LogP contribution in [0.3, 0.4) is 0 Å². The average Bonchev–Trinajstić information content (AvgIpc) is 3.41. The first-order valence-corrected chi connectivity index (χ1v) is 11.6. The summed E-state index contributed by atoms with van der Waals surface area (Å²) in [5.41, 5.74) is 2.90. The maximum atomic E-state index is 13.0. The highest BCUT2D eigenvalue weighted by Gasteiger charge is 2.39. The van der Waals surface area contributed by atoms with Gasteiger partial charge in [-0.2, -0.15) is 0 Å². The summed E-state index contributed by atoms with van der Waals surface area (Å²) >= 11 is 0. The van der Waals surface area contributed by atoms with Crippen LogP contribution >= 0.6 is 0 Å². The van der Waals surface area contributed by atoms with E-state index in [2.05, 4.69) is 17.2 Å². The smallest absolute Gasteiger partial charge is 0.255 e. The molecule has 8 heteroatoms. The fourth-order valence-corrected chi connectivity index (χ4v) is 4.92. The number of nitrogens with zero attached hydrogens (tertiary/aromatic N) is 3. The first-order valence-electron chi connectivity index (χ1n) is 11.6. The predicted molar refractivity (Wildman–Crippen MR) is 123 cm³/mol. The molecule has 0 aliphatic carbocycles. The molecule has 4 heterocycles. The Bertz CT molecular complexity index is 1240. The van der Waals surface area contributed by atoms with Crippen molar-refractivity contribution in [2.75, 3.05) is 13.1 Å². The lowest BCUT2D eigenvalue weighted by molar-refractivity contribution is -0.136. The lowest BCUT2D eigenvalue weighted by Gasteiger charge is -2.29. The number of rotatable bonds is 2. The van der Waals surface area contributed by atoms with Gasteiger partial charge in [-0.3, -0.25) is 24.5 Å². The highest BCUT2D eigenvalue weighted by molar-refractivity contribution is 6.05. The molecule has 8 nitrogen and oxygen atoms in total. The number of benzene rings is 1. The monoisotopic (exact) mass is 458 g/mol. The zero-order valence-electron chi connectivity index (χ0n) is 19.0. The molecule has 2 saturated heterocycles. The molecule has 2 aromatic rings. The van der Waals surface area contributed by atoms with Gasteiger partial charge in [-0.1, -0.05) is 17.9 Å². The van der Waals surface area contributed by atoms with E-state index in [1.165, 1.54) is 0 Å². The van der Waals surface area contributed by atoms with Crippen molar-refractivity contribution in [1.29, 1.82) is 0 Å². The topological polar surface area (TPSA) is 91.7 Å². The second kappa shape index (κ2) is 8.82. The molecule has 1 aromatic carbocycles. The highest BCUT2D eigenvalue weighted by Crippen LogP contribution is 2.29. The number of carbonyl (C=O) groups is 4. The van der Waals surface area contributed by atoms with Gasteiger partial charge in [0.25, 0.3) is 11.8 Å². The minimum Gasteiger partial charge on any atom is -0.356 e. The molecule has 2 fully saturated rings. The Hall–Kier alpha value is -3.86. The third-order valence-electron chi connectivity index (χ3n) is 6.85. The van der Waals surface area contributed by atoms with Gasteiger partial charge in [0.05, 0.1) is 5.56 Å². The molecule has 3 aliphatic rings. The van der Waals surface area contributed by atoms with Crippen LogP contribution in [0, 0.1) is 17.8 Å². The number of hydrogen-bond donors (Lipinski definition) is 1. The van der Waals surface area contributed by atoms with Gasteiger partial charge in [0.1, 0.15) is 6.04 Å². The van der Waals surface area contributed by atoms with Crippen molar-refractivity contribution in [1.82, 2.24) is 19.7 Å². The Morgan fingerprint density at radius 1 is 1.09 bits per heavy atom. The molecule has 0 saturated carbocycles. The summed E-state index contributed by atoms with van der Waals surface area (Å²) < 4.78 is 1.87. The maximum absolute atomic E-state index is 13.0. The van der Waals surface area contributed by atoms with Crippen molar-refractivity contribution >= 4 is 23.6 Å². The number of likely N-dealkylation sites (tertiary alicyclic amines) is 1. The minimum absolute atomic E-state index is 0.0555. The molecule has 0 radical (unpaired) electrons. The predicted octanol–water partition coefficient (Wildman–Crippen LogP) is 1.69. The normalized spacial score (nSPS) is 20.6. The fraction of sp³-hybridized carbons (Fsp3) is 0.385. The second-order valence-electron chi connectivity index (χ2n) is 9.13. The summed E-state index contributed by atoms with van der Waals surface area (Å²) in [5, 5.41) is 2.33. The lowest BCUT2D eigenvalue weighted by atomic mass is 9.96. The molecule has 34 heavy (non-hydrogen) atoms. The molecule has 1 aromatic heterocycles. The summed E-state index contributed by atoms with van der Waals surface area (Å²) in [4.78, 5) is 52.8. The number of piperidine rings is 2. The van der Waals surface area contributed by atoms with E-state index < -0.39 is 11.9 Å². The molecule has 3 aliphatic heterocycles. The van der Waals surface area contributed by atoms with Crippen LogP contribution in [0.4, 0.5) is 0 Å². The van der Waals surface area contributed by atoms with Crippen LogP contribution in [-0.2, 0) is 23.2 Å². The summed E-state index contributed by atoms with van der Waals surface area (Å²) in [5.74, 6) is 5.94. The Morgan fingerprint density at radius 3 is 2.59 bits per heavy atom. The van der Waals surface area contributed by atoms with Gasteiger partial charge in [-0.05, 0) is 43.0 Å². The van der Waals surface area contributed by atoms with Gasteiger partial charge in [-0.15, -0.1) is 0 Å². The van der Waals surface area contributed by atoms with E-state index in [0.717, 1.165) is 24.0 Å². The number of aromatic nitrogens is 1. The third kappa shape index (κ3) is 4.10. The first kappa shape index (κ1) is 22.0. The second-order valence-corrected chi connectivity index (χ2v) is 9.13. The van der Waals surface area contributed by atoms with Gasteiger partial charge >= 0.3 is 0 Å². The fourth-order valence-electron chi connectivity index (χ4n) is 4.92. The summed E-state index contributed by atoms with van der Waals surface area (Å²) in [6.45, 7) is 1.65. The molecule has 0 spiro atoms. The molecular weight excluding hydrogens is 432 g/mol. The minimum atomic E-state index is -0.634. The van der Waals surface area contributed by atoms with Gasteiger partial charge in [0, 0.05) is 62.5 Å². The van der Waals surface area contributed by atoms with Crippen molar-refractivity contribution in [3.8, 4) is 11.8 Å². The SMILES string of the molecule is Cn1ccc(C(=O)N2CCC(C#Cc3cccc4c3CN(C3CCC(=O)NC3=O)C4=O)CC2)c1. The molecule has 174 valence electrons. The Morgan fingerprint density at radius 2 is 1.88 bits per heavy atom. The molecular formula is C26H26N4O4. The van der Waals surface area contributed by atoms with Crippen LogP contribution in [0.2, 0.25) is 0 Å². The lowest BCUT2D eigenvalue weighted by Crippen LogP contribution is -2.52. The molecule has 0 bridgehead atoms. The van der Waals surface area contributed by atoms with Gasteiger partial charge in [-0.25, -0.2) is 0 Å². The van der Waals surface area contributed by atoms with Crippen LogP contribution in [0.25, 0.3) is 0 Å². The third-order valence-corrected chi connectivity index (χ3v) is 6.85. The Labute approximate surface area is 197 Å². The van der Waals surface area contributed by atoms with Crippen LogP contribution in [0.15, 0.2) is 36.7 Å². The highest BCUT2D eigenvalue weighted by atomic mass is 16.2. The Balaban J connectivity index is 1.26. The number of hydrogen-bond acceptors (Lipinski definition) is 4. The van der Waals surface area contributed by atoms with Crippen LogP contribution < -0.4 is 5.32 Å². The summed E-state index contributed by atoms with van der Waals surface area (Å²) in [6.07, 6.45) is 5.89. The first-order chi connectivity index (χ1) is 16.4. The van der Waals surface area contributed by atoms with E-state index >= 15 is 0 Å². The zero-order valence-corrected chi connectivity index (χ0v) is 19.0. The Kier molecular flexibility index (Phi) is 5.70. The van der Waals surface area contributed by atoms with Crippen molar-refractivity contribution < 1.29 is 19.2 Å². The number of nitrogens with one attached hydrogen (secondary N) is 1. The average molecular weight is 459 g/mol. The molecule has 1 N–H and O–H groups in total. The van der Waals surface area contributed by atoms with E-state index in [-0.39, 0.29) is 30.1 Å². The summed E-state index contributed by atoms with van der Waals surface area (Å²) in [6, 6.07) is 6.69. The van der Waals surface area contributed by atoms with E-state index in [1.807, 2.05) is 47.1 Å². The van der Waals surface area contributed by atoms with Gasteiger partial charge in [0.2, 0.25) is 11.8 Å². The van der Waals surface area contributed by atoms with E-state index in [4.69, 9.17) is 0 Å². The van der Waals surface area contributed by atoms with E-state index in [9.17, 15) is 19.2 Å². The van der Waals surface area contributed by atoms with Crippen LogP contribution in [0.5, 0.6) is 0 Å². The molecule has 5 rings (SSSR count). The van der Waals surface area contributed by atoms with Crippen LogP contribution in [-0.4, -0.2) is 57.1 Å². The quantitative estimate of drug-likeness (QED) is 0.548. The molecule has 1 unspecified atom stereocenters. The van der Waals surface area contributed by atoms with Crippen molar-refractivity contribution in [3.05, 3.63) is 58.9 Å². The standard InChI is InChI=1S/C26H26N4O4/c1-28-12-11-19(15-28)25(33)29-13-9-17(10-14-29)5-6-18-3-2-4-20-21(18)16-30(26(20)34)22-7-8-23(31)27-24(22)32/h2-4,11-12,15,17,22H,7-10,13-14,16H2,1H3,(H,27,31,32). The van der Waals surface area contributed by atoms with E-state index in [0.29, 0.717) is 37.2 Å². The number of amides is 4. The van der Waals surface area contributed by atoms with Crippen molar-refractivity contribution in [3.63, 3.8) is 0 Å².